The van der Waals surface area contributed by atoms with Crippen molar-refractivity contribution in [1.82, 2.24) is 0 Å². The van der Waals surface area contributed by atoms with E-state index in [1.54, 1.807) is 0 Å². The van der Waals surface area contributed by atoms with Gasteiger partial charge in [-0.3, -0.25) is 0 Å². The zero-order chi connectivity index (χ0) is 9.10. The van der Waals surface area contributed by atoms with Crippen LogP contribution in [-0.4, -0.2) is 0 Å². The molecule has 0 saturated heterocycles. The van der Waals surface area contributed by atoms with Crippen molar-refractivity contribution in [2.24, 2.45) is 0 Å². The van der Waals surface area contributed by atoms with Gasteiger partial charge in [0.15, 0.2) is 0 Å². The van der Waals surface area contributed by atoms with Crippen LogP contribution in [0.5, 0.6) is 0 Å². The first-order chi connectivity index (χ1) is 6.36. The molecule has 0 spiro atoms. The van der Waals surface area contributed by atoms with E-state index in [4.69, 9.17) is 0 Å². The molecule has 0 amide bonds. The van der Waals surface area contributed by atoms with E-state index in [0.717, 1.165) is 10.0 Å². The highest BCUT2D eigenvalue weighted by molar-refractivity contribution is 9.10. The SMILES string of the molecule is Brc1cc#cc(-c2ccccc2)c1. The van der Waals surface area contributed by atoms with Gasteiger partial charge in [0.25, 0.3) is 0 Å². The third-order valence-corrected chi connectivity index (χ3v) is 2.24. The highest BCUT2D eigenvalue weighted by Crippen LogP contribution is 2.19. The fourth-order valence-corrected chi connectivity index (χ4v) is 1.52. The fourth-order valence-electron chi connectivity index (χ4n) is 1.17. The molecule has 0 bridgehead atoms. The third-order valence-electron chi connectivity index (χ3n) is 1.78. The smallest absolute Gasteiger partial charge is 0.0332 e. The van der Waals surface area contributed by atoms with Gasteiger partial charge in [0.2, 0.25) is 0 Å². The van der Waals surface area contributed by atoms with Gasteiger partial charge in [0, 0.05) is 16.1 Å². The average Bonchev–Trinajstić information content (AvgIpc) is 2.19. The molecule has 0 atom stereocenters. The maximum Gasteiger partial charge on any atom is 0.0332 e. The lowest BCUT2D eigenvalue weighted by Crippen LogP contribution is -1.73. The van der Waals surface area contributed by atoms with Crippen molar-refractivity contribution >= 4 is 15.9 Å². The van der Waals surface area contributed by atoms with Crippen LogP contribution in [0.2, 0.25) is 0 Å². The molecule has 13 heavy (non-hydrogen) atoms. The lowest BCUT2D eigenvalue weighted by Gasteiger charge is -1.96. The highest BCUT2D eigenvalue weighted by atomic mass is 79.9. The van der Waals surface area contributed by atoms with E-state index >= 15 is 0 Å². The van der Waals surface area contributed by atoms with Crippen LogP contribution in [0.4, 0.5) is 0 Å². The summed E-state index contributed by atoms with van der Waals surface area (Å²) in [6, 6.07) is 20.1. The molecule has 0 aliphatic rings. The maximum atomic E-state index is 3.41. The van der Waals surface area contributed by atoms with Crippen LogP contribution >= 0.6 is 15.9 Å². The Bertz CT molecular complexity index is 393. The van der Waals surface area contributed by atoms with Crippen LogP contribution in [0.3, 0.4) is 0 Å². The van der Waals surface area contributed by atoms with Gasteiger partial charge in [0.1, 0.15) is 0 Å². The number of benzene rings is 1. The summed E-state index contributed by atoms with van der Waals surface area (Å²) < 4.78 is 1.03. The average molecular weight is 231 g/mol. The maximum absolute atomic E-state index is 3.41. The van der Waals surface area contributed by atoms with Gasteiger partial charge in [-0.25, -0.2) is 0 Å². The Hall–Kier alpha value is -1.26. The first-order valence-electron chi connectivity index (χ1n) is 4.00. The predicted octanol–water partition coefficient (Wildman–Crippen LogP) is 3.72. The minimum absolute atomic E-state index is 1.03. The quantitative estimate of drug-likeness (QED) is 0.701. The molecule has 0 N–H and O–H groups in total. The summed E-state index contributed by atoms with van der Waals surface area (Å²) in [5.41, 5.74) is 2.23. The van der Waals surface area contributed by atoms with Crippen molar-refractivity contribution in [1.29, 1.82) is 0 Å². The molecule has 62 valence electrons. The monoisotopic (exact) mass is 230 g/mol. The second kappa shape index (κ2) is 3.64. The molecule has 1 heteroatoms. The lowest BCUT2D eigenvalue weighted by atomic mass is 10.1. The van der Waals surface area contributed by atoms with E-state index < -0.39 is 0 Å². The summed E-state index contributed by atoms with van der Waals surface area (Å²) in [7, 11) is 0. The van der Waals surface area contributed by atoms with Crippen molar-refractivity contribution in [3.8, 4) is 11.1 Å². The first kappa shape index (κ1) is 8.34. The van der Waals surface area contributed by atoms with Crippen LogP contribution in [0.1, 0.15) is 0 Å². The largest absolute Gasteiger partial charge is 0.0684 e. The van der Waals surface area contributed by atoms with Crippen LogP contribution in [0.15, 0.2) is 46.9 Å². The number of hydrogen-bond donors (Lipinski definition) is 0. The molecule has 2 aromatic rings. The molecule has 0 aromatic heterocycles. The zero-order valence-electron chi connectivity index (χ0n) is 6.92. The highest BCUT2D eigenvalue weighted by Gasteiger charge is 1.94. The van der Waals surface area contributed by atoms with Crippen LogP contribution in [0.25, 0.3) is 11.1 Å². The Morgan fingerprint density at radius 3 is 2.54 bits per heavy atom. The lowest BCUT2D eigenvalue weighted by molar-refractivity contribution is 1.61. The second-order valence-corrected chi connectivity index (χ2v) is 3.64. The van der Waals surface area contributed by atoms with Crippen molar-refractivity contribution in [2.45, 2.75) is 0 Å². The molecular weight excluding hydrogens is 224 g/mol. The number of rotatable bonds is 1. The van der Waals surface area contributed by atoms with Crippen LogP contribution < -0.4 is 0 Å². The molecule has 0 aliphatic heterocycles. The zero-order valence-corrected chi connectivity index (χ0v) is 8.51. The van der Waals surface area contributed by atoms with E-state index in [0.29, 0.717) is 0 Å². The molecule has 0 saturated carbocycles. The molecule has 0 aliphatic carbocycles. The molecule has 2 rings (SSSR count). The predicted molar refractivity (Wildman–Crippen MR) is 57.3 cm³/mol. The minimum atomic E-state index is 1.03. The van der Waals surface area contributed by atoms with E-state index in [2.05, 4.69) is 40.2 Å². The summed E-state index contributed by atoms with van der Waals surface area (Å²) in [6.45, 7) is 0. The van der Waals surface area contributed by atoms with E-state index in [-0.39, 0.29) is 0 Å². The van der Waals surface area contributed by atoms with Gasteiger partial charge in [-0.1, -0.05) is 58.4 Å². The van der Waals surface area contributed by atoms with Crippen LogP contribution in [0, 0.1) is 12.1 Å². The van der Waals surface area contributed by atoms with Gasteiger partial charge in [-0.15, -0.1) is 0 Å². The summed E-state index contributed by atoms with van der Waals surface area (Å²) in [4.78, 5) is 0. The summed E-state index contributed by atoms with van der Waals surface area (Å²) in [5.74, 6) is 0. The van der Waals surface area contributed by atoms with Crippen molar-refractivity contribution < 1.29 is 0 Å². The van der Waals surface area contributed by atoms with Crippen molar-refractivity contribution in [3.63, 3.8) is 0 Å². The third kappa shape index (κ3) is 1.91. The Morgan fingerprint density at radius 2 is 1.85 bits per heavy atom. The van der Waals surface area contributed by atoms with Gasteiger partial charge in [0.05, 0.1) is 0 Å². The van der Waals surface area contributed by atoms with E-state index in [1.165, 1.54) is 5.56 Å². The molecule has 0 radical (unpaired) electrons. The normalized spacial score (nSPS) is 9.31. The summed E-state index contributed by atoms with van der Waals surface area (Å²) in [5, 5.41) is 0. The fraction of sp³-hybridized carbons (Fsp3) is 0. The van der Waals surface area contributed by atoms with Gasteiger partial charge in [-0.05, 0) is 11.6 Å². The molecule has 2 aromatic carbocycles. The second-order valence-electron chi connectivity index (χ2n) is 2.72. The molecule has 0 fully saturated rings. The summed E-state index contributed by atoms with van der Waals surface area (Å²) >= 11 is 3.41. The Balaban J connectivity index is 2.48. The van der Waals surface area contributed by atoms with E-state index in [9.17, 15) is 0 Å². The first-order valence-corrected chi connectivity index (χ1v) is 4.80. The van der Waals surface area contributed by atoms with Gasteiger partial charge >= 0.3 is 0 Å². The topological polar surface area (TPSA) is 0 Å². The number of halogens is 1. The minimum Gasteiger partial charge on any atom is -0.0684 e. The molecule has 0 heterocycles. The summed E-state index contributed by atoms with van der Waals surface area (Å²) in [6.07, 6.45) is 0. The van der Waals surface area contributed by atoms with Crippen LogP contribution in [-0.2, 0) is 0 Å². The standard InChI is InChI=1S/C12H7Br/c13-12-8-4-7-11(9-12)10-5-2-1-3-6-10/h1-3,5-6,8-9H. The van der Waals surface area contributed by atoms with Crippen molar-refractivity contribution in [2.75, 3.05) is 0 Å². The molecule has 0 unspecified atom stereocenters. The molecule has 0 nitrogen and oxygen atoms in total. The Kier molecular flexibility index (Phi) is 2.33. The van der Waals surface area contributed by atoms with Crippen molar-refractivity contribution in [3.05, 3.63) is 59.1 Å². The van der Waals surface area contributed by atoms with Gasteiger partial charge in [-0.2, -0.15) is 0 Å². The Morgan fingerprint density at radius 1 is 1.08 bits per heavy atom. The van der Waals surface area contributed by atoms with Gasteiger partial charge < -0.3 is 0 Å². The number of hydrogen-bond acceptors (Lipinski definition) is 0. The Labute approximate surface area is 86.4 Å². The molecular formula is C12H7Br. The van der Waals surface area contributed by atoms with E-state index in [1.807, 2.05) is 30.3 Å².